The van der Waals surface area contributed by atoms with Crippen LogP contribution in [-0.4, -0.2) is 29.9 Å². The third-order valence-corrected chi connectivity index (χ3v) is 6.03. The molecule has 1 N–H and O–H groups in total. The van der Waals surface area contributed by atoms with Crippen LogP contribution in [-0.2, 0) is 13.2 Å². The number of aryl methyl sites for hydroxylation is 1. The van der Waals surface area contributed by atoms with Crippen LogP contribution in [0.15, 0.2) is 66.7 Å². The predicted molar refractivity (Wildman–Crippen MR) is 141 cm³/mol. The molecule has 0 radical (unpaired) electrons. The Kier molecular flexibility index (Phi) is 7.80. The molecule has 0 aliphatic carbocycles. The number of hydrogen-bond donors (Lipinski definition) is 1. The van der Waals surface area contributed by atoms with Crippen LogP contribution in [0, 0.1) is 13.8 Å². The van der Waals surface area contributed by atoms with Gasteiger partial charge in [-0.1, -0.05) is 35.9 Å². The smallest absolute Gasteiger partial charge is 0.255 e. The lowest BCUT2D eigenvalue weighted by Crippen LogP contribution is -2.14. The van der Waals surface area contributed by atoms with Gasteiger partial charge in [0.2, 0.25) is 0 Å². The summed E-state index contributed by atoms with van der Waals surface area (Å²) in [4.78, 5) is 13.1. The molecular formula is C28H28ClN3O4. The van der Waals surface area contributed by atoms with E-state index in [0.717, 1.165) is 22.5 Å². The molecule has 0 saturated carbocycles. The Morgan fingerprint density at radius 3 is 2.47 bits per heavy atom. The number of nitrogens with one attached hydrogen (secondary N) is 1. The molecule has 0 saturated heterocycles. The minimum atomic E-state index is -0.212. The lowest BCUT2D eigenvalue weighted by atomic mass is 10.1. The summed E-state index contributed by atoms with van der Waals surface area (Å²) in [6.45, 7) is 4.66. The monoisotopic (exact) mass is 505 g/mol. The van der Waals surface area contributed by atoms with E-state index >= 15 is 0 Å². The van der Waals surface area contributed by atoms with Crippen molar-refractivity contribution in [1.82, 2.24) is 9.78 Å². The summed E-state index contributed by atoms with van der Waals surface area (Å²) in [5.74, 6) is 1.79. The molecule has 0 aliphatic heterocycles. The number of aromatic nitrogens is 2. The number of amides is 1. The number of carbonyl (C=O) groups excluding carboxylic acids is 1. The first kappa shape index (κ1) is 25.1. The van der Waals surface area contributed by atoms with E-state index in [4.69, 9.17) is 25.8 Å². The Balaban J connectivity index is 1.46. The summed E-state index contributed by atoms with van der Waals surface area (Å²) in [6.07, 6.45) is 0. The van der Waals surface area contributed by atoms with Gasteiger partial charge >= 0.3 is 0 Å². The Morgan fingerprint density at radius 1 is 0.944 bits per heavy atom. The average molecular weight is 506 g/mol. The minimum Gasteiger partial charge on any atom is -0.493 e. The molecule has 4 rings (SSSR count). The first-order valence-electron chi connectivity index (χ1n) is 11.4. The van der Waals surface area contributed by atoms with Gasteiger partial charge in [-0.2, -0.15) is 5.10 Å². The number of rotatable bonds is 9. The lowest BCUT2D eigenvalue weighted by molar-refractivity contribution is 0.102. The van der Waals surface area contributed by atoms with Gasteiger partial charge in [-0.3, -0.25) is 9.48 Å². The van der Waals surface area contributed by atoms with Crippen LogP contribution in [0.25, 0.3) is 0 Å². The molecule has 1 aromatic heterocycles. The highest BCUT2D eigenvalue weighted by molar-refractivity contribution is 6.30. The van der Waals surface area contributed by atoms with Crippen molar-refractivity contribution in [3.8, 4) is 17.2 Å². The number of methoxy groups -OCH3 is 2. The molecule has 0 bridgehead atoms. The van der Waals surface area contributed by atoms with E-state index in [-0.39, 0.29) is 5.91 Å². The van der Waals surface area contributed by atoms with Crippen LogP contribution in [0.2, 0.25) is 5.02 Å². The van der Waals surface area contributed by atoms with E-state index in [1.165, 1.54) is 0 Å². The van der Waals surface area contributed by atoms with E-state index in [0.29, 0.717) is 46.7 Å². The summed E-state index contributed by atoms with van der Waals surface area (Å²) in [7, 11) is 3.21. The Hall–Kier alpha value is -3.97. The Labute approximate surface area is 215 Å². The van der Waals surface area contributed by atoms with Gasteiger partial charge in [0.15, 0.2) is 11.5 Å². The molecule has 0 aliphatic rings. The summed E-state index contributed by atoms with van der Waals surface area (Å²) in [5, 5.41) is 8.27. The molecule has 0 fully saturated rings. The maximum atomic E-state index is 13.1. The molecule has 1 amide bonds. The molecule has 1 heterocycles. The number of carbonyl (C=O) groups is 1. The zero-order valence-electron chi connectivity index (χ0n) is 20.7. The van der Waals surface area contributed by atoms with Gasteiger partial charge in [0, 0.05) is 10.6 Å². The van der Waals surface area contributed by atoms with E-state index in [9.17, 15) is 4.79 Å². The fraction of sp³-hybridized carbons (Fsp3) is 0.214. The van der Waals surface area contributed by atoms with Crippen LogP contribution in [0.3, 0.4) is 0 Å². The number of nitrogens with zero attached hydrogens (tertiary/aromatic N) is 2. The Bertz CT molecular complexity index is 1380. The summed E-state index contributed by atoms with van der Waals surface area (Å²) < 4.78 is 18.4. The van der Waals surface area contributed by atoms with Gasteiger partial charge in [-0.25, -0.2) is 0 Å². The van der Waals surface area contributed by atoms with Crippen molar-refractivity contribution in [2.45, 2.75) is 27.0 Å². The first-order chi connectivity index (χ1) is 17.4. The maximum Gasteiger partial charge on any atom is 0.255 e. The predicted octanol–water partition coefficient (Wildman–Crippen LogP) is 6.05. The molecule has 0 unspecified atom stereocenters. The number of ether oxygens (including phenoxy) is 3. The van der Waals surface area contributed by atoms with Gasteiger partial charge in [-0.05, 0) is 67.4 Å². The third-order valence-electron chi connectivity index (χ3n) is 5.79. The standard InChI is InChI=1S/C28H28ClN3O4/c1-18-27(19(2)32(31-18)16-20-11-12-25(34-3)26(14-20)35-4)30-28(33)22-8-5-7-21(13-22)17-36-24-10-6-9-23(29)15-24/h5-15H,16-17H2,1-4H3,(H,30,33). The van der Waals surface area contributed by atoms with Crippen molar-refractivity contribution in [2.24, 2.45) is 0 Å². The van der Waals surface area contributed by atoms with Crippen LogP contribution in [0.4, 0.5) is 5.69 Å². The number of anilines is 1. The highest BCUT2D eigenvalue weighted by Crippen LogP contribution is 2.29. The van der Waals surface area contributed by atoms with Crippen molar-refractivity contribution in [3.63, 3.8) is 0 Å². The Morgan fingerprint density at radius 2 is 1.72 bits per heavy atom. The molecule has 3 aromatic carbocycles. The highest BCUT2D eigenvalue weighted by atomic mass is 35.5. The first-order valence-corrected chi connectivity index (χ1v) is 11.8. The van der Waals surface area contributed by atoms with E-state index in [1.54, 1.807) is 32.4 Å². The molecule has 36 heavy (non-hydrogen) atoms. The van der Waals surface area contributed by atoms with Gasteiger partial charge in [-0.15, -0.1) is 0 Å². The molecule has 0 atom stereocenters. The van der Waals surface area contributed by atoms with Gasteiger partial charge in [0.25, 0.3) is 5.91 Å². The number of halogens is 1. The lowest BCUT2D eigenvalue weighted by Gasteiger charge is -2.11. The van der Waals surface area contributed by atoms with Crippen LogP contribution >= 0.6 is 11.6 Å². The van der Waals surface area contributed by atoms with Crippen molar-refractivity contribution < 1.29 is 19.0 Å². The normalized spacial score (nSPS) is 10.7. The van der Waals surface area contributed by atoms with Crippen molar-refractivity contribution in [1.29, 1.82) is 0 Å². The van der Waals surface area contributed by atoms with Crippen molar-refractivity contribution in [3.05, 3.63) is 99.8 Å². The van der Waals surface area contributed by atoms with Crippen LogP contribution in [0.5, 0.6) is 17.2 Å². The second kappa shape index (κ2) is 11.2. The highest BCUT2D eigenvalue weighted by Gasteiger charge is 2.16. The summed E-state index contributed by atoms with van der Waals surface area (Å²) >= 11 is 6.02. The van der Waals surface area contributed by atoms with E-state index in [2.05, 4.69) is 10.4 Å². The zero-order valence-corrected chi connectivity index (χ0v) is 21.4. The fourth-order valence-electron chi connectivity index (χ4n) is 3.90. The average Bonchev–Trinajstić information content (AvgIpc) is 3.14. The molecule has 0 spiro atoms. The third kappa shape index (κ3) is 5.80. The second-order valence-corrected chi connectivity index (χ2v) is 8.73. The molecule has 7 nitrogen and oxygen atoms in total. The largest absolute Gasteiger partial charge is 0.493 e. The fourth-order valence-corrected chi connectivity index (χ4v) is 4.08. The molecule has 8 heteroatoms. The molecular weight excluding hydrogens is 478 g/mol. The maximum absolute atomic E-state index is 13.1. The number of benzene rings is 3. The van der Waals surface area contributed by atoms with E-state index in [1.807, 2.05) is 67.1 Å². The van der Waals surface area contributed by atoms with Gasteiger partial charge in [0.05, 0.1) is 37.8 Å². The summed E-state index contributed by atoms with van der Waals surface area (Å²) in [6, 6.07) is 20.3. The molecule has 4 aromatic rings. The zero-order chi connectivity index (χ0) is 25.7. The SMILES string of the molecule is COc1ccc(Cn2nc(C)c(NC(=O)c3cccc(COc4cccc(Cl)c4)c3)c2C)cc1OC. The van der Waals surface area contributed by atoms with Crippen LogP contribution in [0.1, 0.15) is 32.9 Å². The van der Waals surface area contributed by atoms with Crippen molar-refractivity contribution >= 4 is 23.2 Å². The van der Waals surface area contributed by atoms with Gasteiger partial charge in [0.1, 0.15) is 12.4 Å². The molecule has 186 valence electrons. The van der Waals surface area contributed by atoms with Crippen molar-refractivity contribution in [2.75, 3.05) is 19.5 Å². The minimum absolute atomic E-state index is 0.212. The topological polar surface area (TPSA) is 74.6 Å². The second-order valence-electron chi connectivity index (χ2n) is 8.29. The van der Waals surface area contributed by atoms with Crippen LogP contribution < -0.4 is 19.5 Å². The van der Waals surface area contributed by atoms with Gasteiger partial charge < -0.3 is 19.5 Å². The quantitative estimate of drug-likeness (QED) is 0.300. The van der Waals surface area contributed by atoms with E-state index < -0.39 is 0 Å². The number of hydrogen-bond acceptors (Lipinski definition) is 5. The summed E-state index contributed by atoms with van der Waals surface area (Å²) in [5.41, 5.74) is 4.70.